The van der Waals surface area contributed by atoms with Crippen LogP contribution in [0.15, 0.2) is 0 Å². The van der Waals surface area contributed by atoms with E-state index in [1.54, 1.807) is 0 Å². The molecule has 1 aliphatic rings. The molecule has 76 valence electrons. The van der Waals surface area contributed by atoms with Gasteiger partial charge in [0, 0.05) is 5.75 Å². The molecule has 1 aliphatic heterocycles. The van der Waals surface area contributed by atoms with E-state index >= 15 is 0 Å². The monoisotopic (exact) mass is 270 g/mol. The van der Waals surface area contributed by atoms with Crippen molar-refractivity contribution >= 4 is 33.5 Å². The van der Waals surface area contributed by atoms with Gasteiger partial charge in [-0.25, -0.2) is 0 Å². The number of ketones is 1. The fourth-order valence-corrected chi connectivity index (χ4v) is 2.92. The third-order valence-electron chi connectivity index (χ3n) is 2.04. The Hall–Kier alpha value is 0.380. The van der Waals surface area contributed by atoms with Crippen molar-refractivity contribution in [3.63, 3.8) is 0 Å². The largest absolute Gasteiger partial charge is 0.389 e. The second-order valence-electron chi connectivity index (χ2n) is 3.01. The van der Waals surface area contributed by atoms with E-state index in [0.29, 0.717) is 0 Å². The summed E-state index contributed by atoms with van der Waals surface area (Å²) in [5.41, 5.74) is 0. The highest BCUT2D eigenvalue weighted by Gasteiger charge is 2.50. The van der Waals surface area contributed by atoms with Gasteiger partial charge in [0.1, 0.15) is 12.2 Å². The quantitative estimate of drug-likeness (QED) is 0.560. The van der Waals surface area contributed by atoms with Crippen LogP contribution < -0.4 is 0 Å². The van der Waals surface area contributed by atoms with Gasteiger partial charge in [0.25, 0.3) is 0 Å². The Morgan fingerprint density at radius 1 is 1.54 bits per heavy atom. The highest BCUT2D eigenvalue weighted by molar-refractivity contribution is 9.12. The SMILES string of the molecule is CC(=O)C1(Br)SC[C@@H](O)[C@H](O)[C@H]1O. The molecule has 1 saturated heterocycles. The molecular weight excluding hydrogens is 260 g/mol. The second-order valence-corrected chi connectivity index (χ2v) is 6.06. The van der Waals surface area contributed by atoms with Crippen LogP contribution in [-0.2, 0) is 4.79 Å². The van der Waals surface area contributed by atoms with Gasteiger partial charge in [0.2, 0.25) is 0 Å². The molecule has 4 nitrogen and oxygen atoms in total. The van der Waals surface area contributed by atoms with Gasteiger partial charge >= 0.3 is 0 Å². The number of alkyl halides is 1. The van der Waals surface area contributed by atoms with E-state index in [2.05, 4.69) is 15.9 Å². The second kappa shape index (κ2) is 3.86. The van der Waals surface area contributed by atoms with Crippen LogP contribution >= 0.6 is 27.7 Å². The standard InChI is InChI=1S/C7H11BrO4S/c1-3(9)7(8)6(12)5(11)4(10)2-13-7/h4-6,10-12H,2H2,1H3/t4-,5+,6-,7?/m1/s1. The predicted octanol–water partition coefficient (Wildman–Crippen LogP) is -0.504. The lowest BCUT2D eigenvalue weighted by molar-refractivity contribution is -0.123. The smallest absolute Gasteiger partial charge is 0.159 e. The molecule has 0 aromatic carbocycles. The van der Waals surface area contributed by atoms with E-state index in [0.717, 1.165) is 11.8 Å². The Morgan fingerprint density at radius 3 is 2.54 bits per heavy atom. The Labute approximate surface area is 88.5 Å². The Kier molecular flexibility index (Phi) is 3.40. The van der Waals surface area contributed by atoms with Crippen LogP contribution in [0.5, 0.6) is 0 Å². The van der Waals surface area contributed by atoms with E-state index in [9.17, 15) is 20.1 Å². The number of halogens is 1. The van der Waals surface area contributed by atoms with Crippen LogP contribution in [0, 0.1) is 0 Å². The van der Waals surface area contributed by atoms with Crippen LogP contribution in [0.3, 0.4) is 0 Å². The predicted molar refractivity (Wildman–Crippen MR) is 52.8 cm³/mol. The fourth-order valence-electron chi connectivity index (χ4n) is 1.13. The highest BCUT2D eigenvalue weighted by atomic mass is 79.9. The molecule has 0 aliphatic carbocycles. The molecule has 3 N–H and O–H groups in total. The van der Waals surface area contributed by atoms with Gasteiger partial charge in [-0.3, -0.25) is 4.79 Å². The Bertz CT molecular complexity index is 225. The number of hydrogen-bond donors (Lipinski definition) is 3. The molecule has 0 aromatic rings. The maximum atomic E-state index is 11.2. The third-order valence-corrected chi connectivity index (χ3v) is 5.21. The number of rotatable bonds is 1. The zero-order chi connectivity index (χ0) is 10.2. The van der Waals surface area contributed by atoms with Crippen LogP contribution in [0.4, 0.5) is 0 Å². The molecule has 1 unspecified atom stereocenters. The van der Waals surface area contributed by atoms with Gasteiger partial charge in [-0.05, 0) is 6.92 Å². The summed E-state index contributed by atoms with van der Waals surface area (Å²) < 4.78 is -1.17. The van der Waals surface area contributed by atoms with E-state index in [4.69, 9.17) is 0 Å². The summed E-state index contributed by atoms with van der Waals surface area (Å²) in [7, 11) is 0. The molecule has 4 atom stereocenters. The fraction of sp³-hybridized carbons (Fsp3) is 0.857. The highest BCUT2D eigenvalue weighted by Crippen LogP contribution is 2.42. The molecule has 0 amide bonds. The molecule has 0 aromatic heterocycles. The molecule has 1 rings (SSSR count). The first-order valence-corrected chi connectivity index (χ1v) is 5.55. The van der Waals surface area contributed by atoms with Crippen molar-refractivity contribution in [3.05, 3.63) is 0 Å². The normalized spacial score (nSPS) is 46.1. The summed E-state index contributed by atoms with van der Waals surface area (Å²) >= 11 is 4.19. The van der Waals surface area contributed by atoms with Crippen LogP contribution in [-0.4, -0.2) is 48.8 Å². The average Bonchev–Trinajstić information content (AvgIpc) is 2.08. The third kappa shape index (κ3) is 1.92. The molecule has 0 saturated carbocycles. The maximum Gasteiger partial charge on any atom is 0.159 e. The van der Waals surface area contributed by atoms with E-state index in [1.807, 2.05) is 0 Å². The molecule has 0 spiro atoms. The lowest BCUT2D eigenvalue weighted by Crippen LogP contribution is -2.56. The van der Waals surface area contributed by atoms with Crippen LogP contribution in [0.1, 0.15) is 6.92 Å². The van der Waals surface area contributed by atoms with Crippen molar-refractivity contribution in [2.75, 3.05) is 5.75 Å². The zero-order valence-corrected chi connectivity index (χ0v) is 9.38. The van der Waals surface area contributed by atoms with Gasteiger partial charge in [0.15, 0.2) is 9.44 Å². The van der Waals surface area contributed by atoms with Crippen molar-refractivity contribution in [2.24, 2.45) is 0 Å². The van der Waals surface area contributed by atoms with E-state index in [-0.39, 0.29) is 11.5 Å². The number of carbonyl (C=O) groups excluding carboxylic acids is 1. The molecule has 0 bridgehead atoms. The molecule has 13 heavy (non-hydrogen) atoms. The van der Waals surface area contributed by atoms with Crippen LogP contribution in [0.25, 0.3) is 0 Å². The van der Waals surface area contributed by atoms with Gasteiger partial charge in [-0.1, -0.05) is 15.9 Å². The summed E-state index contributed by atoms with van der Waals surface area (Å²) in [5, 5.41) is 28.1. The Morgan fingerprint density at radius 2 is 2.08 bits per heavy atom. The number of hydrogen-bond acceptors (Lipinski definition) is 5. The van der Waals surface area contributed by atoms with Crippen molar-refractivity contribution in [1.29, 1.82) is 0 Å². The van der Waals surface area contributed by atoms with Gasteiger partial charge in [-0.2, -0.15) is 0 Å². The number of Topliss-reactive ketones (excluding diaryl/α,β-unsaturated/α-hetero) is 1. The Balaban J connectivity index is 2.85. The average molecular weight is 271 g/mol. The van der Waals surface area contributed by atoms with Gasteiger partial charge in [-0.15, -0.1) is 11.8 Å². The van der Waals surface area contributed by atoms with Crippen molar-refractivity contribution < 1.29 is 20.1 Å². The summed E-state index contributed by atoms with van der Waals surface area (Å²) in [5.74, 6) is -0.0424. The first-order chi connectivity index (χ1) is 5.89. The molecule has 6 heteroatoms. The number of thioether (sulfide) groups is 1. The first-order valence-electron chi connectivity index (χ1n) is 3.77. The maximum absolute atomic E-state index is 11.2. The number of carbonyl (C=O) groups is 1. The number of aliphatic hydroxyl groups is 3. The summed E-state index contributed by atoms with van der Waals surface area (Å²) in [4.78, 5) is 11.2. The molecule has 1 heterocycles. The van der Waals surface area contributed by atoms with E-state index in [1.165, 1.54) is 6.92 Å². The summed E-state index contributed by atoms with van der Waals surface area (Å²) in [6.45, 7) is 1.33. The first kappa shape index (κ1) is 11.5. The van der Waals surface area contributed by atoms with Crippen molar-refractivity contribution in [3.8, 4) is 0 Å². The zero-order valence-electron chi connectivity index (χ0n) is 6.98. The molecule has 1 fully saturated rings. The van der Waals surface area contributed by atoms with E-state index < -0.39 is 22.0 Å². The minimum absolute atomic E-state index is 0.225. The molecule has 0 radical (unpaired) electrons. The summed E-state index contributed by atoms with van der Waals surface area (Å²) in [6.07, 6.45) is -3.53. The lowest BCUT2D eigenvalue weighted by atomic mass is 10.0. The summed E-state index contributed by atoms with van der Waals surface area (Å²) in [6, 6.07) is 0. The van der Waals surface area contributed by atoms with Crippen molar-refractivity contribution in [1.82, 2.24) is 0 Å². The minimum Gasteiger partial charge on any atom is -0.389 e. The van der Waals surface area contributed by atoms with Gasteiger partial charge in [0.05, 0.1) is 6.10 Å². The lowest BCUT2D eigenvalue weighted by Gasteiger charge is -2.39. The van der Waals surface area contributed by atoms with Crippen molar-refractivity contribution in [2.45, 2.75) is 28.9 Å². The van der Waals surface area contributed by atoms with Crippen LogP contribution in [0.2, 0.25) is 0 Å². The number of aliphatic hydroxyl groups excluding tert-OH is 3. The topological polar surface area (TPSA) is 77.8 Å². The van der Waals surface area contributed by atoms with Gasteiger partial charge < -0.3 is 15.3 Å². The minimum atomic E-state index is -1.28. The molecular formula is C7H11BrO4S.